The molecule has 8 nitrogen and oxygen atoms in total. The zero-order valence-corrected chi connectivity index (χ0v) is 16.3. The van der Waals surface area contributed by atoms with E-state index in [4.69, 9.17) is 14.0 Å². The molecule has 1 N–H and O–H groups in total. The normalized spacial score (nSPS) is 15.9. The molecule has 1 fully saturated rings. The van der Waals surface area contributed by atoms with Gasteiger partial charge in [0.15, 0.2) is 0 Å². The van der Waals surface area contributed by atoms with Crippen molar-refractivity contribution < 1.29 is 18.8 Å². The maximum atomic E-state index is 12.9. The summed E-state index contributed by atoms with van der Waals surface area (Å²) in [6.07, 6.45) is 1.62. The van der Waals surface area contributed by atoms with Gasteiger partial charge in [0.2, 0.25) is 11.7 Å². The lowest BCUT2D eigenvalue weighted by molar-refractivity contribution is 0.193. The van der Waals surface area contributed by atoms with Gasteiger partial charge in [0, 0.05) is 12.1 Å². The van der Waals surface area contributed by atoms with Crippen LogP contribution in [0.1, 0.15) is 24.8 Å². The standard InChI is InChI=1S/C21H22N4O4/c1-27-15-8-5-7-14(13-15)19-23-20(29-24-19)17-10-6-12-25(17)21(26)22-16-9-3-4-11-18(16)28-2/h3-5,7-9,11,13,17H,6,10,12H2,1-2H3,(H,22,26). The number of nitrogens with zero attached hydrogens (tertiary/aromatic N) is 3. The van der Waals surface area contributed by atoms with E-state index in [1.165, 1.54) is 0 Å². The van der Waals surface area contributed by atoms with E-state index in [0.717, 1.165) is 18.4 Å². The predicted molar refractivity (Wildman–Crippen MR) is 107 cm³/mol. The van der Waals surface area contributed by atoms with E-state index < -0.39 is 0 Å². The molecule has 0 radical (unpaired) electrons. The minimum absolute atomic E-state index is 0.224. The Labute approximate surface area is 168 Å². The third-order valence-corrected chi connectivity index (χ3v) is 4.92. The highest BCUT2D eigenvalue weighted by molar-refractivity contribution is 5.91. The van der Waals surface area contributed by atoms with Gasteiger partial charge in [0.05, 0.1) is 19.9 Å². The van der Waals surface area contributed by atoms with Gasteiger partial charge in [-0.25, -0.2) is 4.79 Å². The summed E-state index contributed by atoms with van der Waals surface area (Å²) in [4.78, 5) is 19.1. The van der Waals surface area contributed by atoms with Gasteiger partial charge in [-0.3, -0.25) is 0 Å². The number of nitrogens with one attached hydrogen (secondary N) is 1. The monoisotopic (exact) mass is 394 g/mol. The van der Waals surface area contributed by atoms with Crippen molar-refractivity contribution in [2.45, 2.75) is 18.9 Å². The molecule has 0 aliphatic carbocycles. The van der Waals surface area contributed by atoms with Crippen molar-refractivity contribution in [3.63, 3.8) is 0 Å². The number of hydrogen-bond acceptors (Lipinski definition) is 6. The van der Waals surface area contributed by atoms with Crippen LogP contribution in [0.15, 0.2) is 53.1 Å². The molecule has 1 aliphatic heterocycles. The molecular weight excluding hydrogens is 372 g/mol. The first-order chi connectivity index (χ1) is 14.2. The number of benzene rings is 2. The highest BCUT2D eigenvalue weighted by Gasteiger charge is 2.34. The van der Waals surface area contributed by atoms with E-state index >= 15 is 0 Å². The minimum atomic E-state index is -0.267. The number of aromatic nitrogens is 2. The number of carbonyl (C=O) groups excluding carboxylic acids is 1. The SMILES string of the molecule is COc1cccc(-c2noc(C3CCCN3C(=O)Nc3ccccc3OC)n2)c1. The summed E-state index contributed by atoms with van der Waals surface area (Å²) in [5, 5.41) is 7.00. The molecule has 0 bridgehead atoms. The fourth-order valence-electron chi connectivity index (χ4n) is 3.45. The van der Waals surface area contributed by atoms with Gasteiger partial charge in [-0.05, 0) is 37.1 Å². The van der Waals surface area contributed by atoms with Crippen LogP contribution in [-0.4, -0.2) is 41.8 Å². The molecule has 8 heteroatoms. The van der Waals surface area contributed by atoms with Gasteiger partial charge >= 0.3 is 6.03 Å². The van der Waals surface area contributed by atoms with Crippen molar-refractivity contribution in [2.24, 2.45) is 0 Å². The number of likely N-dealkylation sites (tertiary alicyclic amines) is 1. The first-order valence-electron chi connectivity index (χ1n) is 9.38. The van der Waals surface area contributed by atoms with E-state index in [0.29, 0.717) is 35.4 Å². The van der Waals surface area contributed by atoms with Gasteiger partial charge in [0.1, 0.15) is 17.5 Å². The molecule has 1 saturated heterocycles. The second-order valence-electron chi connectivity index (χ2n) is 6.67. The van der Waals surface area contributed by atoms with Crippen LogP contribution in [0.4, 0.5) is 10.5 Å². The molecular formula is C21H22N4O4. The molecule has 3 aromatic rings. The third-order valence-electron chi connectivity index (χ3n) is 4.92. The number of para-hydroxylation sites is 2. The Bertz CT molecular complexity index is 1000. The molecule has 1 atom stereocenters. The Kier molecular flexibility index (Phi) is 5.33. The van der Waals surface area contributed by atoms with E-state index in [1.807, 2.05) is 36.4 Å². The number of hydrogen-bond donors (Lipinski definition) is 1. The lowest BCUT2D eigenvalue weighted by Crippen LogP contribution is -2.34. The van der Waals surface area contributed by atoms with Gasteiger partial charge < -0.3 is 24.2 Å². The number of urea groups is 1. The Morgan fingerprint density at radius 1 is 1.17 bits per heavy atom. The van der Waals surface area contributed by atoms with E-state index in [-0.39, 0.29) is 12.1 Å². The zero-order chi connectivity index (χ0) is 20.2. The third kappa shape index (κ3) is 3.87. The highest BCUT2D eigenvalue weighted by atomic mass is 16.5. The maximum absolute atomic E-state index is 12.9. The molecule has 2 aromatic carbocycles. The lowest BCUT2D eigenvalue weighted by atomic mass is 10.2. The Balaban J connectivity index is 1.52. The average Bonchev–Trinajstić information content (AvgIpc) is 3.43. The first kappa shape index (κ1) is 18.8. The van der Waals surface area contributed by atoms with E-state index in [1.54, 1.807) is 31.3 Å². The maximum Gasteiger partial charge on any atom is 0.322 e. The largest absolute Gasteiger partial charge is 0.497 e. The summed E-state index contributed by atoms with van der Waals surface area (Å²) in [5.41, 5.74) is 1.41. The molecule has 150 valence electrons. The van der Waals surface area contributed by atoms with Gasteiger partial charge in [-0.15, -0.1) is 0 Å². The topological polar surface area (TPSA) is 89.7 Å². The summed E-state index contributed by atoms with van der Waals surface area (Å²) in [5.74, 6) is 2.22. The van der Waals surface area contributed by atoms with Crippen molar-refractivity contribution in [1.82, 2.24) is 15.0 Å². The summed E-state index contributed by atoms with van der Waals surface area (Å²) in [6.45, 7) is 0.614. The zero-order valence-electron chi connectivity index (χ0n) is 16.3. The van der Waals surface area contributed by atoms with Crippen molar-refractivity contribution in [3.8, 4) is 22.9 Å². The Morgan fingerprint density at radius 3 is 2.86 bits per heavy atom. The smallest absolute Gasteiger partial charge is 0.322 e. The van der Waals surface area contributed by atoms with Crippen LogP contribution in [0.5, 0.6) is 11.5 Å². The summed E-state index contributed by atoms with van der Waals surface area (Å²) in [7, 11) is 3.18. The van der Waals surface area contributed by atoms with Gasteiger partial charge in [-0.2, -0.15) is 4.98 Å². The first-order valence-corrected chi connectivity index (χ1v) is 9.38. The van der Waals surface area contributed by atoms with E-state index in [2.05, 4.69) is 15.5 Å². The molecule has 0 spiro atoms. The van der Waals surface area contributed by atoms with Crippen molar-refractivity contribution >= 4 is 11.7 Å². The van der Waals surface area contributed by atoms with Crippen LogP contribution >= 0.6 is 0 Å². The van der Waals surface area contributed by atoms with Crippen molar-refractivity contribution in [2.75, 3.05) is 26.1 Å². The predicted octanol–water partition coefficient (Wildman–Crippen LogP) is 4.12. The molecule has 1 unspecified atom stereocenters. The Morgan fingerprint density at radius 2 is 2.03 bits per heavy atom. The molecule has 29 heavy (non-hydrogen) atoms. The second-order valence-corrected chi connectivity index (χ2v) is 6.67. The number of ether oxygens (including phenoxy) is 2. The van der Waals surface area contributed by atoms with Crippen LogP contribution < -0.4 is 14.8 Å². The molecule has 4 rings (SSSR count). The number of carbonyl (C=O) groups is 1. The number of anilines is 1. The average molecular weight is 394 g/mol. The van der Waals surface area contributed by atoms with Crippen LogP contribution in [-0.2, 0) is 0 Å². The highest BCUT2D eigenvalue weighted by Crippen LogP contribution is 2.33. The summed E-state index contributed by atoms with van der Waals surface area (Å²) >= 11 is 0. The van der Waals surface area contributed by atoms with Crippen LogP contribution in [0, 0.1) is 0 Å². The molecule has 2 amide bonds. The van der Waals surface area contributed by atoms with Crippen LogP contribution in [0.25, 0.3) is 11.4 Å². The quantitative estimate of drug-likeness (QED) is 0.700. The second kappa shape index (κ2) is 8.22. The summed E-state index contributed by atoms with van der Waals surface area (Å²) in [6, 6.07) is 14.3. The molecule has 2 heterocycles. The number of methoxy groups -OCH3 is 2. The fraction of sp³-hybridized carbons (Fsp3) is 0.286. The Hall–Kier alpha value is -3.55. The number of rotatable bonds is 5. The molecule has 1 aromatic heterocycles. The fourth-order valence-corrected chi connectivity index (χ4v) is 3.45. The summed E-state index contributed by atoms with van der Waals surface area (Å²) < 4.78 is 16.1. The van der Waals surface area contributed by atoms with Crippen LogP contribution in [0.3, 0.4) is 0 Å². The van der Waals surface area contributed by atoms with E-state index in [9.17, 15) is 4.79 Å². The van der Waals surface area contributed by atoms with Gasteiger partial charge in [0.25, 0.3) is 0 Å². The van der Waals surface area contributed by atoms with Crippen molar-refractivity contribution in [3.05, 3.63) is 54.4 Å². The minimum Gasteiger partial charge on any atom is -0.497 e. The van der Waals surface area contributed by atoms with Gasteiger partial charge in [-0.1, -0.05) is 29.4 Å². The lowest BCUT2D eigenvalue weighted by Gasteiger charge is -2.22. The molecule has 0 saturated carbocycles. The molecule has 1 aliphatic rings. The van der Waals surface area contributed by atoms with Crippen molar-refractivity contribution in [1.29, 1.82) is 0 Å². The number of amides is 2. The van der Waals surface area contributed by atoms with Crippen LogP contribution in [0.2, 0.25) is 0 Å².